The molecule has 0 saturated carbocycles. The van der Waals surface area contributed by atoms with E-state index in [1.807, 2.05) is 0 Å². The number of hydrogen-bond acceptors (Lipinski definition) is 3. The first-order valence-electron chi connectivity index (χ1n) is 3.43. The van der Waals surface area contributed by atoms with Crippen molar-refractivity contribution in [2.75, 3.05) is 6.26 Å². The maximum atomic E-state index is 5.18. The number of rotatable bonds is 3. The molecule has 1 aromatic carbocycles. The Labute approximate surface area is 95.5 Å². The molecule has 0 saturated heterocycles. The van der Waals surface area contributed by atoms with Gasteiger partial charge in [-0.3, -0.25) is 11.3 Å². The Morgan fingerprint density at radius 2 is 1.77 bits per heavy atom. The van der Waals surface area contributed by atoms with Crippen molar-refractivity contribution in [2.45, 2.75) is 11.4 Å². The minimum Gasteiger partial charge on any atom is -0.271 e. The van der Waals surface area contributed by atoms with Gasteiger partial charge in [-0.05, 0) is 24.0 Å². The lowest BCUT2D eigenvalue weighted by molar-refractivity contribution is 0.741. The molecular weight excluding hydrogens is 227 g/mol. The summed E-state index contributed by atoms with van der Waals surface area (Å²) in [5.41, 5.74) is 3.83. The summed E-state index contributed by atoms with van der Waals surface area (Å²) >= 11 is 1.74. The predicted octanol–water partition coefficient (Wildman–Crippen LogP) is 2.22. The summed E-state index contributed by atoms with van der Waals surface area (Å²) in [4.78, 5) is 1.28. The highest BCUT2D eigenvalue weighted by Gasteiger charge is 1.90. The smallest absolute Gasteiger partial charge is 0.0348 e. The molecule has 1 aromatic rings. The highest BCUT2D eigenvalue weighted by atomic mass is 35.5. The molecule has 2 nitrogen and oxygen atoms in total. The number of nitrogens with one attached hydrogen (secondary N) is 1. The van der Waals surface area contributed by atoms with E-state index in [2.05, 4.69) is 35.9 Å². The minimum atomic E-state index is 0. The van der Waals surface area contributed by atoms with Gasteiger partial charge in [-0.15, -0.1) is 36.6 Å². The molecule has 0 aliphatic rings. The summed E-state index contributed by atoms with van der Waals surface area (Å²) in [6, 6.07) is 8.34. The average Bonchev–Trinajstić information content (AvgIpc) is 2.07. The van der Waals surface area contributed by atoms with E-state index in [0.29, 0.717) is 0 Å². The van der Waals surface area contributed by atoms with Crippen LogP contribution < -0.4 is 11.3 Å². The Bertz CT molecular complexity index is 216. The van der Waals surface area contributed by atoms with Crippen LogP contribution in [0.5, 0.6) is 0 Å². The Hall–Kier alpha value is 0.0700. The number of hydrogen-bond donors (Lipinski definition) is 2. The Morgan fingerprint density at radius 1 is 1.23 bits per heavy atom. The summed E-state index contributed by atoms with van der Waals surface area (Å²) in [6.07, 6.45) is 2.07. The van der Waals surface area contributed by atoms with E-state index < -0.39 is 0 Å². The second kappa shape index (κ2) is 8.66. The van der Waals surface area contributed by atoms with Gasteiger partial charge in [0.15, 0.2) is 0 Å². The molecule has 0 unspecified atom stereocenters. The summed E-state index contributed by atoms with van der Waals surface area (Å²) in [6.45, 7) is 0.731. The normalized spacial score (nSPS) is 8.46. The largest absolute Gasteiger partial charge is 0.271 e. The molecule has 0 heterocycles. The molecule has 3 N–H and O–H groups in total. The lowest BCUT2D eigenvalue weighted by Gasteiger charge is -2.00. The monoisotopic (exact) mass is 240 g/mol. The first-order valence-corrected chi connectivity index (χ1v) is 4.65. The number of thioether (sulfide) groups is 1. The fourth-order valence-electron chi connectivity index (χ4n) is 0.861. The molecule has 0 fully saturated rings. The summed E-state index contributed by atoms with van der Waals surface area (Å²) in [5, 5.41) is 0. The van der Waals surface area contributed by atoms with Crippen molar-refractivity contribution >= 4 is 36.6 Å². The van der Waals surface area contributed by atoms with Gasteiger partial charge in [0, 0.05) is 11.4 Å². The van der Waals surface area contributed by atoms with Crippen LogP contribution in [0.2, 0.25) is 0 Å². The van der Waals surface area contributed by atoms with Gasteiger partial charge < -0.3 is 0 Å². The minimum absolute atomic E-state index is 0. The molecule has 0 atom stereocenters. The van der Waals surface area contributed by atoms with Crippen molar-refractivity contribution in [1.82, 2.24) is 5.43 Å². The molecule has 0 bridgehead atoms. The standard InChI is InChI=1S/C8H12N2S.2ClH/c1-11-8-4-2-7(3-5-8)6-10-9;;/h2-5,10H,6,9H2,1H3;2*1H. The predicted molar refractivity (Wildman–Crippen MR) is 63.7 cm³/mol. The molecular formula is C8H14Cl2N2S. The van der Waals surface area contributed by atoms with Crippen molar-refractivity contribution < 1.29 is 0 Å². The Kier molecular flexibility index (Phi) is 10.3. The fourth-order valence-corrected chi connectivity index (χ4v) is 1.27. The van der Waals surface area contributed by atoms with Gasteiger partial charge in [-0.2, -0.15) is 0 Å². The molecule has 0 radical (unpaired) electrons. The Morgan fingerprint density at radius 3 is 2.15 bits per heavy atom. The van der Waals surface area contributed by atoms with Gasteiger partial charge in [0.1, 0.15) is 0 Å². The molecule has 1 rings (SSSR count). The summed E-state index contributed by atoms with van der Waals surface area (Å²) < 4.78 is 0. The Balaban J connectivity index is 0. The van der Waals surface area contributed by atoms with Crippen LogP contribution in [0.15, 0.2) is 29.2 Å². The first kappa shape index (κ1) is 15.5. The molecule has 0 aliphatic heterocycles. The van der Waals surface area contributed by atoms with E-state index in [4.69, 9.17) is 5.84 Å². The van der Waals surface area contributed by atoms with Gasteiger partial charge in [0.25, 0.3) is 0 Å². The molecule has 0 aromatic heterocycles. The maximum Gasteiger partial charge on any atom is 0.0348 e. The quantitative estimate of drug-likeness (QED) is 0.484. The third kappa shape index (κ3) is 5.39. The van der Waals surface area contributed by atoms with Crippen LogP contribution in [0.3, 0.4) is 0 Å². The maximum absolute atomic E-state index is 5.18. The van der Waals surface area contributed by atoms with Crippen LogP contribution in [0, 0.1) is 0 Å². The first-order chi connectivity index (χ1) is 5.36. The van der Waals surface area contributed by atoms with Crippen LogP contribution in [0.1, 0.15) is 5.56 Å². The number of halogens is 2. The van der Waals surface area contributed by atoms with E-state index in [1.54, 1.807) is 11.8 Å². The van der Waals surface area contributed by atoms with Crippen LogP contribution in [0.25, 0.3) is 0 Å². The van der Waals surface area contributed by atoms with Gasteiger partial charge in [0.05, 0.1) is 0 Å². The van der Waals surface area contributed by atoms with E-state index >= 15 is 0 Å². The van der Waals surface area contributed by atoms with Crippen molar-refractivity contribution in [3.63, 3.8) is 0 Å². The van der Waals surface area contributed by atoms with Crippen molar-refractivity contribution in [3.8, 4) is 0 Å². The summed E-state index contributed by atoms with van der Waals surface area (Å²) in [5.74, 6) is 5.18. The van der Waals surface area contributed by atoms with E-state index in [9.17, 15) is 0 Å². The highest BCUT2D eigenvalue weighted by molar-refractivity contribution is 7.98. The van der Waals surface area contributed by atoms with Gasteiger partial charge in [-0.25, -0.2) is 0 Å². The third-order valence-corrected chi connectivity index (χ3v) is 2.21. The number of benzene rings is 1. The van der Waals surface area contributed by atoms with E-state index in [-0.39, 0.29) is 24.8 Å². The SMILES string of the molecule is CSc1ccc(CNN)cc1.Cl.Cl. The third-order valence-electron chi connectivity index (χ3n) is 1.47. The number of nitrogens with two attached hydrogens (primary N) is 1. The number of hydrazine groups is 1. The molecule has 0 aliphatic carbocycles. The molecule has 5 heteroatoms. The van der Waals surface area contributed by atoms with Crippen LogP contribution in [-0.2, 0) is 6.54 Å². The van der Waals surface area contributed by atoms with Crippen LogP contribution in [-0.4, -0.2) is 6.26 Å². The molecule has 13 heavy (non-hydrogen) atoms. The van der Waals surface area contributed by atoms with Crippen LogP contribution >= 0.6 is 36.6 Å². The van der Waals surface area contributed by atoms with Gasteiger partial charge in [0.2, 0.25) is 0 Å². The van der Waals surface area contributed by atoms with E-state index in [1.165, 1.54) is 10.5 Å². The lowest BCUT2D eigenvalue weighted by Crippen LogP contribution is -2.20. The highest BCUT2D eigenvalue weighted by Crippen LogP contribution is 2.14. The van der Waals surface area contributed by atoms with Crippen molar-refractivity contribution in [2.24, 2.45) is 5.84 Å². The van der Waals surface area contributed by atoms with Crippen LogP contribution in [0.4, 0.5) is 0 Å². The van der Waals surface area contributed by atoms with Gasteiger partial charge >= 0.3 is 0 Å². The molecule has 0 amide bonds. The molecule has 0 spiro atoms. The zero-order chi connectivity index (χ0) is 8.10. The van der Waals surface area contributed by atoms with Gasteiger partial charge in [-0.1, -0.05) is 12.1 Å². The topological polar surface area (TPSA) is 38.0 Å². The second-order valence-corrected chi connectivity index (χ2v) is 3.11. The second-order valence-electron chi connectivity index (χ2n) is 2.23. The fraction of sp³-hybridized carbons (Fsp3) is 0.250. The average molecular weight is 241 g/mol. The van der Waals surface area contributed by atoms with Crippen molar-refractivity contribution in [1.29, 1.82) is 0 Å². The summed E-state index contributed by atoms with van der Waals surface area (Å²) in [7, 11) is 0. The zero-order valence-electron chi connectivity index (χ0n) is 7.32. The molecule has 76 valence electrons. The van der Waals surface area contributed by atoms with Crippen molar-refractivity contribution in [3.05, 3.63) is 29.8 Å². The zero-order valence-corrected chi connectivity index (χ0v) is 9.77. The van der Waals surface area contributed by atoms with E-state index in [0.717, 1.165) is 6.54 Å². The lowest BCUT2D eigenvalue weighted by atomic mass is 10.2.